The quantitative estimate of drug-likeness (QED) is 0.349. The second kappa shape index (κ2) is 12.4. The number of carbonyl (C=O) groups is 1. The molecule has 1 aromatic heterocycles. The van der Waals surface area contributed by atoms with Crippen LogP contribution in [0.5, 0.6) is 17.2 Å². The van der Waals surface area contributed by atoms with Gasteiger partial charge in [-0.15, -0.1) is 0 Å². The van der Waals surface area contributed by atoms with Crippen molar-refractivity contribution in [3.05, 3.63) is 83.5 Å². The first-order chi connectivity index (χ1) is 19.2. The molecule has 1 aliphatic rings. The fraction of sp³-hybridized carbons (Fsp3) is 0.310. The van der Waals surface area contributed by atoms with Gasteiger partial charge in [0.05, 0.1) is 40.6 Å². The number of nitrogens with zero attached hydrogens (tertiary/aromatic N) is 3. The highest BCUT2D eigenvalue weighted by Gasteiger charge is 2.35. The van der Waals surface area contributed by atoms with Crippen LogP contribution in [-0.2, 0) is 9.53 Å². The average molecular weight is 582 g/mol. The minimum atomic E-state index is -0.813. The van der Waals surface area contributed by atoms with E-state index in [1.165, 1.54) is 23.0 Å². The number of rotatable bonds is 9. The molecule has 0 aliphatic carbocycles. The lowest BCUT2D eigenvalue weighted by Crippen LogP contribution is -2.40. The number of para-hydroxylation sites is 1. The van der Waals surface area contributed by atoms with Crippen LogP contribution in [0, 0.1) is 11.3 Å². The van der Waals surface area contributed by atoms with Crippen LogP contribution >= 0.6 is 22.9 Å². The molecular formula is C29H28ClN3O6S. The number of allylic oxidation sites excluding steroid dienone is 1. The number of fused-ring (bicyclic) bond motifs is 1. The Bertz CT molecular complexity index is 1700. The Labute approximate surface area is 240 Å². The van der Waals surface area contributed by atoms with Crippen LogP contribution < -0.4 is 29.1 Å². The van der Waals surface area contributed by atoms with Crippen molar-refractivity contribution in [3.63, 3.8) is 0 Å². The van der Waals surface area contributed by atoms with Gasteiger partial charge in [-0.1, -0.05) is 41.1 Å². The van der Waals surface area contributed by atoms with Crippen LogP contribution in [0.4, 0.5) is 0 Å². The summed E-state index contributed by atoms with van der Waals surface area (Å²) >= 11 is 7.60. The number of ether oxygens (including phenoxy) is 4. The highest BCUT2D eigenvalue weighted by atomic mass is 35.5. The molecule has 0 bridgehead atoms. The van der Waals surface area contributed by atoms with E-state index in [2.05, 4.69) is 4.99 Å². The Morgan fingerprint density at radius 1 is 1.27 bits per heavy atom. The van der Waals surface area contributed by atoms with Gasteiger partial charge in [0.25, 0.3) is 5.56 Å². The van der Waals surface area contributed by atoms with Crippen molar-refractivity contribution in [1.29, 1.82) is 5.26 Å². The summed E-state index contributed by atoms with van der Waals surface area (Å²) < 4.78 is 24.1. The van der Waals surface area contributed by atoms with Crippen LogP contribution in [0.3, 0.4) is 0 Å². The molecule has 2 heterocycles. The molecule has 1 atom stereocenters. The zero-order valence-electron chi connectivity index (χ0n) is 22.7. The number of thiazole rings is 1. The van der Waals surface area contributed by atoms with E-state index in [1.54, 1.807) is 32.1 Å². The molecule has 0 spiro atoms. The fourth-order valence-electron chi connectivity index (χ4n) is 4.37. The number of esters is 1. The van der Waals surface area contributed by atoms with Crippen LogP contribution in [0.15, 0.2) is 57.5 Å². The normalized spacial score (nSPS) is 14.8. The van der Waals surface area contributed by atoms with E-state index in [0.29, 0.717) is 37.7 Å². The zero-order valence-corrected chi connectivity index (χ0v) is 24.3. The number of halogens is 1. The van der Waals surface area contributed by atoms with Gasteiger partial charge in [0.2, 0.25) is 0 Å². The Morgan fingerprint density at radius 3 is 2.70 bits per heavy atom. The summed E-state index contributed by atoms with van der Waals surface area (Å²) in [6, 6.07) is 11.7. The van der Waals surface area contributed by atoms with E-state index >= 15 is 0 Å². The van der Waals surface area contributed by atoms with Crippen molar-refractivity contribution in [1.82, 2.24) is 4.57 Å². The fourth-order valence-corrected chi connectivity index (χ4v) is 5.69. The van der Waals surface area contributed by atoms with Crippen LogP contribution in [0.25, 0.3) is 6.08 Å². The SMILES string of the molecule is CCOC(=O)C1=C(C)N=c2s/c(=C/c3cc(Cl)c(OCC#N)c(OC)c3)c(=O)n2[C@@H]1c1ccccc1OC(C)C. The molecule has 0 unspecified atom stereocenters. The summed E-state index contributed by atoms with van der Waals surface area (Å²) in [5.41, 5.74) is 1.61. The standard InChI is InChI=1S/C29H28ClN3O6S/c1-6-37-28(35)24-17(4)32-29-33(25(24)19-9-7-8-10-21(19)39-16(2)3)27(34)23(40-29)15-18-13-20(30)26(38-12-11-31)22(14-18)36-5/h7-10,13-16,25H,6,12H2,1-5H3/b23-15+/t25-/m1/s1. The van der Waals surface area contributed by atoms with Gasteiger partial charge in [-0.3, -0.25) is 9.36 Å². The van der Waals surface area contributed by atoms with Crippen LogP contribution in [-0.4, -0.2) is 37.0 Å². The smallest absolute Gasteiger partial charge is 0.338 e. The largest absolute Gasteiger partial charge is 0.493 e. The van der Waals surface area contributed by atoms with Crippen LogP contribution in [0.1, 0.15) is 44.9 Å². The molecule has 0 fully saturated rings. The minimum absolute atomic E-state index is 0.132. The number of methoxy groups -OCH3 is 1. The lowest BCUT2D eigenvalue weighted by atomic mass is 9.95. The van der Waals surface area contributed by atoms with Crippen molar-refractivity contribution in [2.75, 3.05) is 20.3 Å². The average Bonchev–Trinajstić information content (AvgIpc) is 3.21. The highest BCUT2D eigenvalue weighted by Crippen LogP contribution is 2.37. The summed E-state index contributed by atoms with van der Waals surface area (Å²) in [7, 11) is 1.46. The molecule has 4 rings (SSSR count). The molecule has 1 aliphatic heterocycles. The molecule has 40 heavy (non-hydrogen) atoms. The molecule has 0 radical (unpaired) electrons. The molecule has 0 amide bonds. The molecular weight excluding hydrogens is 554 g/mol. The van der Waals surface area contributed by atoms with Gasteiger partial charge in [-0.25, -0.2) is 9.79 Å². The first-order valence-corrected chi connectivity index (χ1v) is 13.7. The van der Waals surface area contributed by atoms with Gasteiger partial charge in [0.15, 0.2) is 22.9 Å². The van der Waals surface area contributed by atoms with Crippen molar-refractivity contribution in [2.45, 2.75) is 39.8 Å². The minimum Gasteiger partial charge on any atom is -0.493 e. The number of hydrogen-bond donors (Lipinski definition) is 0. The molecule has 11 heteroatoms. The molecule has 0 saturated heterocycles. The molecule has 208 valence electrons. The maximum atomic E-state index is 14.0. The van der Waals surface area contributed by atoms with Gasteiger partial charge >= 0.3 is 5.97 Å². The van der Waals surface area contributed by atoms with Gasteiger partial charge in [0, 0.05) is 5.56 Å². The lowest BCUT2D eigenvalue weighted by Gasteiger charge is -2.26. The van der Waals surface area contributed by atoms with Gasteiger partial charge in [0.1, 0.15) is 17.9 Å². The summed E-state index contributed by atoms with van der Waals surface area (Å²) in [5.74, 6) is 0.561. The van der Waals surface area contributed by atoms with Crippen molar-refractivity contribution in [3.8, 4) is 23.3 Å². The molecule has 2 aromatic carbocycles. The predicted octanol–water partition coefficient (Wildman–Crippen LogP) is 4.15. The maximum absolute atomic E-state index is 14.0. The Hall–Kier alpha value is -4.07. The first-order valence-electron chi connectivity index (χ1n) is 12.5. The number of benzene rings is 2. The Morgan fingerprint density at radius 2 is 2.02 bits per heavy atom. The molecule has 0 N–H and O–H groups in total. The van der Waals surface area contributed by atoms with Gasteiger partial charge < -0.3 is 18.9 Å². The van der Waals surface area contributed by atoms with E-state index in [1.807, 2.05) is 44.2 Å². The topological polar surface area (TPSA) is 112 Å². The lowest BCUT2D eigenvalue weighted by molar-refractivity contribution is -0.139. The van der Waals surface area contributed by atoms with Crippen molar-refractivity contribution >= 4 is 35.0 Å². The number of carbonyl (C=O) groups excluding carboxylic acids is 1. The van der Waals surface area contributed by atoms with E-state index in [-0.39, 0.29) is 41.2 Å². The third-order valence-corrected chi connectivity index (χ3v) is 7.19. The van der Waals surface area contributed by atoms with E-state index in [4.69, 9.17) is 35.8 Å². The summed E-state index contributed by atoms with van der Waals surface area (Å²) in [4.78, 5) is 32.2. The monoisotopic (exact) mass is 581 g/mol. The molecule has 3 aromatic rings. The Balaban J connectivity index is 1.94. The third kappa shape index (κ3) is 5.76. The Kier molecular flexibility index (Phi) is 8.97. The maximum Gasteiger partial charge on any atom is 0.338 e. The van der Waals surface area contributed by atoms with E-state index in [0.717, 1.165) is 0 Å². The third-order valence-electron chi connectivity index (χ3n) is 5.92. The second-order valence-corrected chi connectivity index (χ2v) is 10.4. The highest BCUT2D eigenvalue weighted by molar-refractivity contribution is 7.07. The van der Waals surface area contributed by atoms with Crippen LogP contribution in [0.2, 0.25) is 5.02 Å². The van der Waals surface area contributed by atoms with Crippen molar-refractivity contribution in [2.24, 2.45) is 4.99 Å². The summed E-state index contributed by atoms with van der Waals surface area (Å²) in [6.45, 7) is 7.25. The molecule has 0 saturated carbocycles. The van der Waals surface area contributed by atoms with Gasteiger partial charge in [-0.2, -0.15) is 5.26 Å². The van der Waals surface area contributed by atoms with Gasteiger partial charge in [-0.05, 0) is 57.5 Å². The number of aromatic nitrogens is 1. The first kappa shape index (κ1) is 28.9. The predicted molar refractivity (Wildman–Crippen MR) is 152 cm³/mol. The number of nitriles is 1. The van der Waals surface area contributed by atoms with Crippen molar-refractivity contribution < 1.29 is 23.7 Å². The summed E-state index contributed by atoms with van der Waals surface area (Å²) in [6.07, 6.45) is 1.54. The number of hydrogen-bond acceptors (Lipinski definition) is 9. The second-order valence-electron chi connectivity index (χ2n) is 8.99. The summed E-state index contributed by atoms with van der Waals surface area (Å²) in [5, 5.41) is 9.09. The zero-order chi connectivity index (χ0) is 29.0. The van der Waals surface area contributed by atoms with E-state index in [9.17, 15) is 9.59 Å². The molecule has 9 nitrogen and oxygen atoms in total. The van der Waals surface area contributed by atoms with E-state index < -0.39 is 12.0 Å².